The van der Waals surface area contributed by atoms with Gasteiger partial charge in [-0.3, -0.25) is 0 Å². The van der Waals surface area contributed by atoms with Crippen LogP contribution in [0.15, 0.2) is 53.1 Å². The quantitative estimate of drug-likeness (QED) is 0.887. The number of hydrogen-bond acceptors (Lipinski definition) is 3. The molecule has 5 heteroatoms. The van der Waals surface area contributed by atoms with Crippen LogP contribution in [0, 0.1) is 11.8 Å². The highest BCUT2D eigenvalue weighted by Crippen LogP contribution is 2.60. The van der Waals surface area contributed by atoms with Crippen molar-refractivity contribution in [3.63, 3.8) is 0 Å². The summed E-state index contributed by atoms with van der Waals surface area (Å²) in [5.74, 6) is -4.85. The van der Waals surface area contributed by atoms with Crippen LogP contribution in [-0.4, -0.2) is 17.6 Å². The summed E-state index contributed by atoms with van der Waals surface area (Å²) in [5, 5.41) is 9.94. The molecule has 3 atom stereocenters. The third-order valence-electron chi connectivity index (χ3n) is 3.85. The fourth-order valence-electron chi connectivity index (χ4n) is 2.58. The van der Waals surface area contributed by atoms with E-state index in [0.717, 1.165) is 5.56 Å². The lowest BCUT2D eigenvalue weighted by Gasteiger charge is -2.06. The Kier molecular flexibility index (Phi) is 3.78. The predicted octanol–water partition coefficient (Wildman–Crippen LogP) is 3.41. The Bertz CT molecular complexity index is 568. The fraction of sp³-hybridized carbons (Fsp3) is 0.375. The number of benzene rings is 1. The molecule has 2 aromatic rings. The van der Waals surface area contributed by atoms with Gasteiger partial charge in [-0.15, -0.1) is 0 Å². The number of alkyl halides is 2. The highest BCUT2D eigenvalue weighted by atomic mass is 19.3. The van der Waals surface area contributed by atoms with E-state index in [1.54, 1.807) is 6.07 Å². The Morgan fingerprint density at radius 2 is 1.95 bits per heavy atom. The summed E-state index contributed by atoms with van der Waals surface area (Å²) >= 11 is 0. The molecule has 0 bridgehead atoms. The van der Waals surface area contributed by atoms with Crippen molar-refractivity contribution in [3.8, 4) is 0 Å². The molecule has 1 aromatic heterocycles. The minimum absolute atomic E-state index is 0.0790. The van der Waals surface area contributed by atoms with Gasteiger partial charge in [0.25, 0.3) is 5.92 Å². The molecule has 1 saturated carbocycles. The molecular formula is C16H16F2O3. The molecule has 21 heavy (non-hydrogen) atoms. The molecule has 0 radical (unpaired) electrons. The van der Waals surface area contributed by atoms with Crippen molar-refractivity contribution in [1.29, 1.82) is 0 Å². The topological polar surface area (TPSA) is 42.6 Å². The van der Waals surface area contributed by atoms with E-state index in [2.05, 4.69) is 0 Å². The normalized spacial score (nSPS) is 24.7. The van der Waals surface area contributed by atoms with Gasteiger partial charge in [-0.05, 0) is 17.7 Å². The van der Waals surface area contributed by atoms with Crippen LogP contribution < -0.4 is 0 Å². The van der Waals surface area contributed by atoms with Crippen LogP contribution in [0.5, 0.6) is 0 Å². The minimum atomic E-state index is -2.91. The van der Waals surface area contributed by atoms with E-state index in [-0.39, 0.29) is 19.0 Å². The lowest BCUT2D eigenvalue weighted by atomic mass is 10.1. The van der Waals surface area contributed by atoms with E-state index in [1.807, 2.05) is 30.3 Å². The Morgan fingerprint density at radius 1 is 1.19 bits per heavy atom. The first-order valence-corrected chi connectivity index (χ1v) is 6.81. The Hall–Kier alpha value is -1.72. The van der Waals surface area contributed by atoms with Crippen molar-refractivity contribution in [2.45, 2.75) is 18.6 Å². The zero-order valence-electron chi connectivity index (χ0n) is 11.3. The molecule has 1 aliphatic rings. The van der Waals surface area contributed by atoms with Gasteiger partial charge in [0.2, 0.25) is 0 Å². The van der Waals surface area contributed by atoms with Gasteiger partial charge >= 0.3 is 0 Å². The molecular weight excluding hydrogens is 278 g/mol. The van der Waals surface area contributed by atoms with Crippen molar-refractivity contribution in [3.05, 3.63) is 60.1 Å². The standard InChI is InChI=1S/C16H16F2O3/c17-16(18)12(10-20-9-11-5-2-1-3-6-11)14(16)15(19)13-7-4-8-21-13/h1-8,12,14-15,19H,9-10H2/t12-,14+,15?/m0/s1. The van der Waals surface area contributed by atoms with E-state index < -0.39 is 23.9 Å². The lowest BCUT2D eigenvalue weighted by Crippen LogP contribution is -2.05. The number of furan rings is 1. The predicted molar refractivity (Wildman–Crippen MR) is 71.7 cm³/mol. The number of rotatable bonds is 6. The fourth-order valence-corrected chi connectivity index (χ4v) is 2.58. The number of aliphatic hydroxyl groups is 1. The Balaban J connectivity index is 1.54. The molecule has 1 aliphatic carbocycles. The van der Waals surface area contributed by atoms with E-state index in [9.17, 15) is 13.9 Å². The first kappa shape index (κ1) is 14.2. The van der Waals surface area contributed by atoms with Crippen LogP contribution in [-0.2, 0) is 11.3 Å². The Morgan fingerprint density at radius 3 is 2.62 bits per heavy atom. The SMILES string of the molecule is OC(c1ccco1)[C@H]1[C@H](COCc2ccccc2)C1(F)F. The third-order valence-corrected chi connectivity index (χ3v) is 3.85. The monoisotopic (exact) mass is 294 g/mol. The highest BCUT2D eigenvalue weighted by Gasteiger charge is 2.71. The average Bonchev–Trinajstić information content (AvgIpc) is 2.86. The van der Waals surface area contributed by atoms with Gasteiger partial charge in [0.05, 0.1) is 31.3 Å². The van der Waals surface area contributed by atoms with E-state index in [0.29, 0.717) is 0 Å². The van der Waals surface area contributed by atoms with Crippen molar-refractivity contribution < 1.29 is 23.0 Å². The summed E-state index contributed by atoms with van der Waals surface area (Å²) in [6, 6.07) is 12.4. The van der Waals surface area contributed by atoms with Crippen molar-refractivity contribution in [2.75, 3.05) is 6.61 Å². The largest absolute Gasteiger partial charge is 0.467 e. The molecule has 0 spiro atoms. The summed E-state index contributed by atoms with van der Waals surface area (Å²) in [4.78, 5) is 0. The van der Waals surface area contributed by atoms with Crippen molar-refractivity contribution >= 4 is 0 Å². The number of hydrogen-bond donors (Lipinski definition) is 1. The van der Waals surface area contributed by atoms with E-state index >= 15 is 0 Å². The van der Waals surface area contributed by atoms with Crippen LogP contribution in [0.1, 0.15) is 17.4 Å². The van der Waals surface area contributed by atoms with Crippen molar-refractivity contribution in [1.82, 2.24) is 0 Å². The van der Waals surface area contributed by atoms with Gasteiger partial charge in [0, 0.05) is 0 Å². The zero-order valence-corrected chi connectivity index (χ0v) is 11.3. The van der Waals surface area contributed by atoms with E-state index in [4.69, 9.17) is 9.15 Å². The first-order chi connectivity index (χ1) is 10.1. The van der Waals surface area contributed by atoms with E-state index in [1.165, 1.54) is 12.3 Å². The number of ether oxygens (including phenoxy) is 1. The van der Waals surface area contributed by atoms with Gasteiger partial charge in [-0.1, -0.05) is 30.3 Å². The summed E-state index contributed by atoms with van der Waals surface area (Å²) in [7, 11) is 0. The average molecular weight is 294 g/mol. The second-order valence-corrected chi connectivity index (χ2v) is 5.27. The summed E-state index contributed by atoms with van der Waals surface area (Å²) in [6.45, 7) is 0.210. The molecule has 1 heterocycles. The maximum atomic E-state index is 13.7. The zero-order chi connectivity index (χ0) is 14.9. The lowest BCUT2D eigenvalue weighted by molar-refractivity contribution is 0.0292. The smallest absolute Gasteiger partial charge is 0.259 e. The van der Waals surface area contributed by atoms with Gasteiger partial charge < -0.3 is 14.3 Å². The molecule has 0 amide bonds. The second-order valence-electron chi connectivity index (χ2n) is 5.27. The number of aliphatic hydroxyl groups excluding tert-OH is 1. The van der Waals surface area contributed by atoms with Crippen LogP contribution >= 0.6 is 0 Å². The molecule has 1 aromatic carbocycles. The minimum Gasteiger partial charge on any atom is -0.467 e. The van der Waals surface area contributed by atoms with Crippen LogP contribution in [0.4, 0.5) is 8.78 Å². The van der Waals surface area contributed by atoms with Gasteiger partial charge in [-0.25, -0.2) is 8.78 Å². The third kappa shape index (κ3) is 2.84. The van der Waals surface area contributed by atoms with Crippen LogP contribution in [0.25, 0.3) is 0 Å². The van der Waals surface area contributed by atoms with Gasteiger partial charge in [0.15, 0.2) is 0 Å². The first-order valence-electron chi connectivity index (χ1n) is 6.81. The van der Waals surface area contributed by atoms with Crippen LogP contribution in [0.2, 0.25) is 0 Å². The molecule has 3 rings (SSSR count). The molecule has 0 saturated heterocycles. The summed E-state index contributed by atoms with van der Waals surface area (Å²) in [5.41, 5.74) is 0.935. The Labute approximate surface area is 121 Å². The molecule has 1 fully saturated rings. The molecule has 1 N–H and O–H groups in total. The van der Waals surface area contributed by atoms with Gasteiger partial charge in [0.1, 0.15) is 11.9 Å². The van der Waals surface area contributed by atoms with Crippen molar-refractivity contribution in [2.24, 2.45) is 11.8 Å². The highest BCUT2D eigenvalue weighted by molar-refractivity contribution is 5.16. The number of halogens is 2. The van der Waals surface area contributed by atoms with Gasteiger partial charge in [-0.2, -0.15) is 0 Å². The summed E-state index contributed by atoms with van der Waals surface area (Å²) < 4.78 is 37.8. The maximum Gasteiger partial charge on any atom is 0.259 e. The summed E-state index contributed by atoms with van der Waals surface area (Å²) in [6.07, 6.45) is 0.0697. The molecule has 1 unspecified atom stereocenters. The van der Waals surface area contributed by atoms with Crippen LogP contribution in [0.3, 0.4) is 0 Å². The molecule has 112 valence electrons. The second kappa shape index (κ2) is 5.58. The molecule has 0 aliphatic heterocycles. The molecule has 3 nitrogen and oxygen atoms in total. The maximum absolute atomic E-state index is 13.7.